The Labute approximate surface area is 502 Å². The molecule has 0 spiro atoms. The summed E-state index contributed by atoms with van der Waals surface area (Å²) in [5.41, 5.74) is 12.6. The second-order valence-electron chi connectivity index (χ2n) is 28.6. The van der Waals surface area contributed by atoms with Crippen LogP contribution in [0.25, 0.3) is 16.8 Å². The van der Waals surface area contributed by atoms with Gasteiger partial charge in [0.25, 0.3) is 0 Å². The number of fused-ring (bicyclic) bond motifs is 2. The third-order valence-electron chi connectivity index (χ3n) is 18.8. The number of nitrogens with two attached hydrogens (primary N) is 1. The van der Waals surface area contributed by atoms with Crippen LogP contribution in [0.1, 0.15) is 172 Å². The molecule has 2 aromatic heterocycles. The predicted molar refractivity (Wildman–Crippen MR) is 332 cm³/mol. The van der Waals surface area contributed by atoms with Crippen LogP contribution in [0.4, 0.5) is 26.7 Å². The molecule has 18 nitrogen and oxygen atoms in total. The summed E-state index contributed by atoms with van der Waals surface area (Å²) in [6.45, 7) is 35.1. The Morgan fingerprint density at radius 2 is 1.53 bits per heavy atom. The molecule has 1 aliphatic carbocycles. The summed E-state index contributed by atoms with van der Waals surface area (Å²) in [7, 11) is -1.06. The molecule has 3 saturated heterocycles. The van der Waals surface area contributed by atoms with Gasteiger partial charge >= 0.3 is 26.4 Å². The summed E-state index contributed by atoms with van der Waals surface area (Å²) in [6, 6.07) is 16.0. The summed E-state index contributed by atoms with van der Waals surface area (Å²) in [6.07, 6.45) is 10.00. The molecule has 5 aliphatic heterocycles. The maximum absolute atomic E-state index is 14.0. The first-order chi connectivity index (χ1) is 39.8. The molecule has 85 heavy (non-hydrogen) atoms. The zero-order valence-corrected chi connectivity index (χ0v) is 52.9. The second-order valence-corrected chi connectivity index (χ2v) is 28.6. The highest BCUT2D eigenvalue weighted by atomic mass is 16.7. The van der Waals surface area contributed by atoms with Crippen LogP contribution >= 0.6 is 0 Å². The third kappa shape index (κ3) is 11.9. The van der Waals surface area contributed by atoms with E-state index in [4.69, 9.17) is 48.3 Å². The smallest absolute Gasteiger partial charge is 0.491 e. The molecule has 0 saturated carbocycles. The molecular weight excluding hydrogens is 1070 g/mol. The number of carbonyl (C=O) groups is 2. The zero-order chi connectivity index (χ0) is 61.0. The van der Waals surface area contributed by atoms with Gasteiger partial charge in [-0.3, -0.25) is 4.90 Å². The maximum atomic E-state index is 14.0. The Morgan fingerprint density at radius 3 is 2.22 bits per heavy atom. The van der Waals surface area contributed by atoms with Crippen molar-refractivity contribution in [2.75, 3.05) is 36.9 Å². The number of carbonyl (C=O) groups excluding carboxylic acids is 2. The fraction of sp³-hybridized carbons (Fsp3) is 0.569. The Hall–Kier alpha value is -6.47. The highest BCUT2D eigenvalue weighted by Crippen LogP contribution is 2.53. The normalized spacial score (nSPS) is 23.9. The van der Waals surface area contributed by atoms with E-state index in [2.05, 4.69) is 113 Å². The molecule has 5 aromatic rings. The van der Waals surface area contributed by atoms with Crippen molar-refractivity contribution in [3.63, 3.8) is 0 Å². The number of nitrogen functional groups attached to an aromatic ring is 1. The van der Waals surface area contributed by atoms with Crippen LogP contribution in [-0.4, -0.2) is 116 Å². The minimum atomic E-state index is -0.664. The van der Waals surface area contributed by atoms with Crippen molar-refractivity contribution in [2.24, 2.45) is 17.3 Å². The van der Waals surface area contributed by atoms with E-state index in [-0.39, 0.29) is 35.5 Å². The molecule has 11 rings (SSSR count). The van der Waals surface area contributed by atoms with Crippen molar-refractivity contribution < 1.29 is 47.2 Å². The molecule has 0 bridgehead atoms. The van der Waals surface area contributed by atoms with E-state index >= 15 is 0 Å². The number of hydrogen-bond acceptors (Lipinski definition) is 14. The largest absolute Gasteiger partial charge is 0.494 e. The van der Waals surface area contributed by atoms with E-state index in [9.17, 15) is 9.59 Å². The van der Waals surface area contributed by atoms with Crippen LogP contribution in [0.15, 0.2) is 67.0 Å². The first-order valence-corrected chi connectivity index (χ1v) is 30.6. The van der Waals surface area contributed by atoms with Gasteiger partial charge in [-0.25, -0.2) is 19.6 Å². The van der Waals surface area contributed by atoms with Gasteiger partial charge in [-0.1, -0.05) is 39.0 Å². The van der Waals surface area contributed by atoms with Gasteiger partial charge in [0.05, 0.1) is 82.4 Å². The fourth-order valence-electron chi connectivity index (χ4n) is 12.5. The lowest BCUT2D eigenvalue weighted by Gasteiger charge is -2.41. The van der Waals surface area contributed by atoms with Crippen LogP contribution < -0.4 is 31.0 Å². The number of imidazole rings is 2. The maximum Gasteiger partial charge on any atom is 0.494 e. The van der Waals surface area contributed by atoms with Crippen LogP contribution in [0.3, 0.4) is 0 Å². The third-order valence-corrected chi connectivity index (χ3v) is 18.8. The van der Waals surface area contributed by atoms with E-state index in [1.54, 1.807) is 11.1 Å². The van der Waals surface area contributed by atoms with Crippen molar-refractivity contribution in [3.8, 4) is 28.5 Å². The average Bonchev–Trinajstić information content (AvgIpc) is 1.86. The zero-order valence-electron chi connectivity index (χ0n) is 52.9. The number of benzene rings is 3. The van der Waals surface area contributed by atoms with Crippen LogP contribution in [0.5, 0.6) is 17.2 Å². The molecule has 4 N–H and O–H groups in total. The van der Waals surface area contributed by atoms with Gasteiger partial charge in [-0.05, 0) is 204 Å². The number of likely N-dealkylation sites (tertiary alicyclic amines) is 1. The van der Waals surface area contributed by atoms with Crippen LogP contribution in [-0.2, 0) is 41.1 Å². The first kappa shape index (κ1) is 60.2. The fourth-order valence-corrected chi connectivity index (χ4v) is 12.5. The van der Waals surface area contributed by atoms with Gasteiger partial charge in [0.2, 0.25) is 0 Å². The van der Waals surface area contributed by atoms with Crippen molar-refractivity contribution in [3.05, 3.63) is 89.9 Å². The van der Waals surface area contributed by atoms with E-state index in [0.717, 1.165) is 102 Å². The number of ether oxygens (including phenoxy) is 4. The van der Waals surface area contributed by atoms with E-state index in [1.807, 2.05) is 83.8 Å². The number of aromatic amines is 2. The van der Waals surface area contributed by atoms with E-state index in [0.29, 0.717) is 43.5 Å². The predicted octanol–water partition coefficient (Wildman–Crippen LogP) is 12.2. The number of aromatic nitrogens is 4. The monoisotopic (exact) mass is 1160 g/mol. The Morgan fingerprint density at radius 1 is 0.835 bits per heavy atom. The first-order valence-electron chi connectivity index (χ1n) is 30.6. The summed E-state index contributed by atoms with van der Waals surface area (Å²) < 4.78 is 51.4. The van der Waals surface area contributed by atoms with Gasteiger partial charge in [0.1, 0.15) is 28.6 Å². The molecule has 3 aromatic carbocycles. The van der Waals surface area contributed by atoms with Crippen LogP contribution in [0.2, 0.25) is 0 Å². The molecule has 7 heterocycles. The summed E-state index contributed by atoms with van der Waals surface area (Å²) in [4.78, 5) is 49.3. The number of anilines is 3. The highest BCUT2D eigenvalue weighted by molar-refractivity contribution is 6.62. The van der Waals surface area contributed by atoms with Crippen molar-refractivity contribution >= 4 is 60.0 Å². The SMILES string of the molecule is CCCN(Cc1ncc(-c2ccc(OCC(C)[C@@]3(C)C=C(c4cnc([C@@H]5C[C@H](CCC6(C)OB(c7ccc8c(c7)N7CCc9cc(B%10OC(C)(C)C(C)(C)O%10)cc(c97)O8)OC6(C)C)CN5C(=O)OC(C)(C)C)[nH]4)C3)c(N)c2)[nH]1)C(=O)OC(C)(C)C. The molecule has 6 aliphatic rings. The lowest BCUT2D eigenvalue weighted by molar-refractivity contribution is -0.0196. The molecule has 2 amide bonds. The topological polar surface area (TPSA) is 201 Å². The quantitative estimate of drug-likeness (QED) is 0.0622. The number of allylic oxidation sites excluding steroid dienone is 2. The summed E-state index contributed by atoms with van der Waals surface area (Å²) in [5, 5.41) is 0. The van der Waals surface area contributed by atoms with Crippen molar-refractivity contribution in [2.45, 2.75) is 195 Å². The number of nitrogens with one attached hydrogen (secondary N) is 2. The van der Waals surface area contributed by atoms with Crippen molar-refractivity contribution in [1.29, 1.82) is 0 Å². The second kappa shape index (κ2) is 21.7. The van der Waals surface area contributed by atoms with Crippen LogP contribution in [0, 0.1) is 17.3 Å². The Bertz CT molecular complexity index is 3380. The molecule has 5 atom stereocenters. The Kier molecular flexibility index (Phi) is 15.4. The Balaban J connectivity index is 0.710. The van der Waals surface area contributed by atoms with Gasteiger partial charge in [-0.2, -0.15) is 0 Å². The molecule has 0 radical (unpaired) electrons. The molecule has 2 unspecified atom stereocenters. The molecule has 20 heteroatoms. The lowest BCUT2D eigenvalue weighted by Crippen LogP contribution is -2.45. The number of hydrogen-bond donors (Lipinski definition) is 3. The number of amides is 2. The summed E-state index contributed by atoms with van der Waals surface area (Å²) in [5.74, 6) is 3.94. The van der Waals surface area contributed by atoms with Crippen molar-refractivity contribution in [1.82, 2.24) is 29.7 Å². The molecule has 454 valence electrons. The average molecular weight is 1160 g/mol. The van der Waals surface area contributed by atoms with Gasteiger partial charge in [0.15, 0.2) is 11.5 Å². The standard InChI is InChI=1S/C65H88B2N8O10/c1-17-25-73(57(76)80-59(3,4)5)37-54-69-34-47(71-54)41-18-20-51(46(68)29-41)78-38-39(2)64(15)32-43(33-64)48-35-70-56(72-48)50-27-40(36-75(50)58(77)81-60(6,7)8)22-24-65(16)63(13,14)84-66(85-65)44-19-21-52-49(30-44)74-26-23-42-28-45(31-53(79-52)55(42)74)67-82-61(9,10)62(11,12)83-67/h18-21,28-32,34-35,39-40,50H,17,22-27,33,36-38,68H2,1-16H3,(H,69,71)(H,70,72)/t39?,40-,50-,64-,65?/m0/s1. The summed E-state index contributed by atoms with van der Waals surface area (Å²) >= 11 is 0. The molecular formula is C65H88B2N8O10. The van der Waals surface area contributed by atoms with Gasteiger partial charge in [0, 0.05) is 25.2 Å². The number of nitrogens with zero attached hydrogens (tertiary/aromatic N) is 5. The number of H-pyrrole nitrogens is 2. The van der Waals surface area contributed by atoms with Gasteiger partial charge < -0.3 is 63.1 Å². The highest BCUT2D eigenvalue weighted by Gasteiger charge is 2.56. The lowest BCUT2D eigenvalue weighted by atomic mass is 9.64. The van der Waals surface area contributed by atoms with E-state index < -0.39 is 47.8 Å². The van der Waals surface area contributed by atoms with Gasteiger partial charge in [-0.15, -0.1) is 0 Å². The minimum absolute atomic E-state index is 0.122. The van der Waals surface area contributed by atoms with E-state index in [1.165, 1.54) is 11.1 Å². The molecule has 3 fully saturated rings. The minimum Gasteiger partial charge on any atom is -0.491 e. The number of rotatable bonds is 16.